The van der Waals surface area contributed by atoms with E-state index in [4.69, 9.17) is 4.74 Å². The number of piperazine rings is 1. The highest BCUT2D eigenvalue weighted by Crippen LogP contribution is 1.93. The fraction of sp³-hybridized carbons (Fsp3) is 0.900. The molecule has 0 aromatic carbocycles. The third kappa shape index (κ3) is 4.59. The topological polar surface area (TPSA) is 62.4 Å². The van der Waals surface area contributed by atoms with Gasteiger partial charge < -0.3 is 20.7 Å². The summed E-state index contributed by atoms with van der Waals surface area (Å²) in [6, 6.07) is -0.0894. The number of carbonyl (C=O) groups is 1. The van der Waals surface area contributed by atoms with Crippen molar-refractivity contribution in [3.05, 3.63) is 0 Å². The molecule has 1 fully saturated rings. The highest BCUT2D eigenvalue weighted by atomic mass is 16.5. The Morgan fingerprint density at radius 3 is 3.00 bits per heavy atom. The molecule has 88 valence electrons. The van der Waals surface area contributed by atoms with Crippen molar-refractivity contribution in [2.75, 3.05) is 39.9 Å². The molecule has 0 spiro atoms. The first kappa shape index (κ1) is 12.4. The Hall–Kier alpha value is -0.650. The van der Waals surface area contributed by atoms with Crippen LogP contribution in [0.4, 0.5) is 0 Å². The fourth-order valence-electron chi connectivity index (χ4n) is 1.58. The van der Waals surface area contributed by atoms with Crippen LogP contribution in [-0.4, -0.2) is 51.8 Å². The minimum atomic E-state index is -0.0894. The lowest BCUT2D eigenvalue weighted by atomic mass is 10.2. The normalized spacial score (nSPS) is 23.5. The van der Waals surface area contributed by atoms with Crippen LogP contribution in [0.15, 0.2) is 0 Å². The molecule has 2 unspecified atom stereocenters. The van der Waals surface area contributed by atoms with Crippen LogP contribution in [0, 0.1) is 5.92 Å². The predicted molar refractivity (Wildman–Crippen MR) is 58.7 cm³/mol. The number of ether oxygens (including phenoxy) is 1. The van der Waals surface area contributed by atoms with E-state index in [9.17, 15) is 4.79 Å². The lowest BCUT2D eigenvalue weighted by Crippen LogP contribution is -2.56. The first-order valence-corrected chi connectivity index (χ1v) is 5.44. The average Bonchev–Trinajstić information content (AvgIpc) is 2.27. The Balaban J connectivity index is 2.16. The summed E-state index contributed by atoms with van der Waals surface area (Å²) in [5.41, 5.74) is 0. The van der Waals surface area contributed by atoms with Gasteiger partial charge in [-0.25, -0.2) is 0 Å². The van der Waals surface area contributed by atoms with E-state index < -0.39 is 0 Å². The predicted octanol–water partition coefficient (Wildman–Crippen LogP) is -1.05. The summed E-state index contributed by atoms with van der Waals surface area (Å²) in [7, 11) is 1.67. The molecule has 5 heteroatoms. The van der Waals surface area contributed by atoms with Gasteiger partial charge in [0.25, 0.3) is 0 Å². The molecule has 1 saturated heterocycles. The third-order valence-electron chi connectivity index (χ3n) is 2.43. The summed E-state index contributed by atoms with van der Waals surface area (Å²) in [5.74, 6) is 0.431. The van der Waals surface area contributed by atoms with Crippen LogP contribution in [0.1, 0.15) is 6.92 Å². The van der Waals surface area contributed by atoms with Gasteiger partial charge in [0.2, 0.25) is 5.91 Å². The van der Waals surface area contributed by atoms with E-state index >= 15 is 0 Å². The van der Waals surface area contributed by atoms with Crippen LogP contribution in [0.25, 0.3) is 0 Å². The van der Waals surface area contributed by atoms with Gasteiger partial charge in [0.1, 0.15) is 0 Å². The SMILES string of the molecule is COCC(C)CNC(=O)C1CNCCN1. The van der Waals surface area contributed by atoms with Crippen LogP contribution in [-0.2, 0) is 9.53 Å². The molecule has 1 amide bonds. The summed E-state index contributed by atoms with van der Waals surface area (Å²) in [6.45, 7) is 5.90. The maximum Gasteiger partial charge on any atom is 0.238 e. The van der Waals surface area contributed by atoms with E-state index in [-0.39, 0.29) is 11.9 Å². The molecule has 5 nitrogen and oxygen atoms in total. The number of carbonyl (C=O) groups excluding carboxylic acids is 1. The molecule has 0 aromatic heterocycles. The lowest BCUT2D eigenvalue weighted by molar-refractivity contribution is -0.123. The van der Waals surface area contributed by atoms with Gasteiger partial charge in [-0.3, -0.25) is 4.79 Å². The Morgan fingerprint density at radius 1 is 1.60 bits per heavy atom. The molecule has 0 radical (unpaired) electrons. The van der Waals surface area contributed by atoms with E-state index in [1.54, 1.807) is 7.11 Å². The van der Waals surface area contributed by atoms with E-state index in [1.165, 1.54) is 0 Å². The molecule has 15 heavy (non-hydrogen) atoms. The van der Waals surface area contributed by atoms with Crippen molar-refractivity contribution in [1.82, 2.24) is 16.0 Å². The monoisotopic (exact) mass is 215 g/mol. The summed E-state index contributed by atoms with van der Waals surface area (Å²) in [5, 5.41) is 9.26. The van der Waals surface area contributed by atoms with Gasteiger partial charge in [0.15, 0.2) is 0 Å². The van der Waals surface area contributed by atoms with Gasteiger partial charge in [-0.2, -0.15) is 0 Å². The largest absolute Gasteiger partial charge is 0.384 e. The second-order valence-electron chi connectivity index (χ2n) is 4.02. The second kappa shape index (κ2) is 6.76. The van der Waals surface area contributed by atoms with Crippen LogP contribution >= 0.6 is 0 Å². The zero-order chi connectivity index (χ0) is 11.1. The average molecular weight is 215 g/mol. The number of methoxy groups -OCH3 is 1. The van der Waals surface area contributed by atoms with Crippen molar-refractivity contribution >= 4 is 5.91 Å². The standard InChI is InChI=1S/C10H21N3O2/c1-8(7-15-2)5-13-10(14)9-6-11-3-4-12-9/h8-9,11-12H,3-7H2,1-2H3,(H,13,14). The molecule has 1 aliphatic heterocycles. The number of hydrogen-bond acceptors (Lipinski definition) is 4. The number of nitrogens with one attached hydrogen (secondary N) is 3. The third-order valence-corrected chi connectivity index (χ3v) is 2.43. The second-order valence-corrected chi connectivity index (χ2v) is 4.02. The zero-order valence-corrected chi connectivity index (χ0v) is 9.51. The Labute approximate surface area is 90.9 Å². The molecular formula is C10H21N3O2. The molecule has 0 aromatic rings. The Bertz CT molecular complexity index is 193. The minimum absolute atomic E-state index is 0.0742. The number of rotatable bonds is 5. The Kier molecular flexibility index (Phi) is 5.60. The summed E-state index contributed by atoms with van der Waals surface area (Å²) in [4.78, 5) is 11.7. The van der Waals surface area contributed by atoms with Crippen molar-refractivity contribution in [3.63, 3.8) is 0 Å². The Morgan fingerprint density at radius 2 is 2.40 bits per heavy atom. The van der Waals surface area contributed by atoms with Crippen molar-refractivity contribution in [2.45, 2.75) is 13.0 Å². The van der Waals surface area contributed by atoms with Crippen LogP contribution in [0.3, 0.4) is 0 Å². The fourth-order valence-corrected chi connectivity index (χ4v) is 1.58. The van der Waals surface area contributed by atoms with Gasteiger partial charge in [0.05, 0.1) is 12.6 Å². The van der Waals surface area contributed by atoms with E-state index in [0.717, 1.165) is 13.1 Å². The number of amides is 1. The van der Waals surface area contributed by atoms with Gasteiger partial charge in [-0.05, 0) is 5.92 Å². The first-order chi connectivity index (χ1) is 7.24. The van der Waals surface area contributed by atoms with Gasteiger partial charge in [-0.15, -0.1) is 0 Å². The van der Waals surface area contributed by atoms with Crippen molar-refractivity contribution in [2.24, 2.45) is 5.92 Å². The highest BCUT2D eigenvalue weighted by Gasteiger charge is 2.19. The molecular weight excluding hydrogens is 194 g/mol. The summed E-state index contributed by atoms with van der Waals surface area (Å²) >= 11 is 0. The highest BCUT2D eigenvalue weighted by molar-refractivity contribution is 5.82. The quantitative estimate of drug-likeness (QED) is 0.547. The van der Waals surface area contributed by atoms with Gasteiger partial charge in [0, 0.05) is 33.3 Å². The molecule has 2 atom stereocenters. The molecule has 3 N–H and O–H groups in total. The summed E-state index contributed by atoms with van der Waals surface area (Å²) < 4.78 is 5.00. The van der Waals surface area contributed by atoms with E-state index in [2.05, 4.69) is 22.9 Å². The molecule has 1 rings (SSSR count). The van der Waals surface area contributed by atoms with Crippen LogP contribution in [0.5, 0.6) is 0 Å². The maximum atomic E-state index is 11.7. The lowest BCUT2D eigenvalue weighted by Gasteiger charge is -2.24. The maximum absolute atomic E-state index is 11.7. The zero-order valence-electron chi connectivity index (χ0n) is 9.51. The molecule has 0 saturated carbocycles. The van der Waals surface area contributed by atoms with E-state index in [0.29, 0.717) is 25.6 Å². The van der Waals surface area contributed by atoms with Crippen molar-refractivity contribution in [1.29, 1.82) is 0 Å². The van der Waals surface area contributed by atoms with Crippen LogP contribution < -0.4 is 16.0 Å². The van der Waals surface area contributed by atoms with Crippen molar-refractivity contribution in [3.8, 4) is 0 Å². The van der Waals surface area contributed by atoms with Crippen LogP contribution in [0.2, 0.25) is 0 Å². The van der Waals surface area contributed by atoms with Crippen molar-refractivity contribution < 1.29 is 9.53 Å². The molecule has 1 heterocycles. The van der Waals surface area contributed by atoms with Gasteiger partial charge >= 0.3 is 0 Å². The molecule has 1 aliphatic rings. The summed E-state index contributed by atoms with van der Waals surface area (Å²) in [6.07, 6.45) is 0. The molecule has 0 bridgehead atoms. The molecule has 0 aliphatic carbocycles. The number of hydrogen-bond donors (Lipinski definition) is 3. The van der Waals surface area contributed by atoms with E-state index in [1.807, 2.05) is 0 Å². The first-order valence-electron chi connectivity index (χ1n) is 5.44. The minimum Gasteiger partial charge on any atom is -0.384 e. The van der Waals surface area contributed by atoms with Gasteiger partial charge in [-0.1, -0.05) is 6.92 Å². The smallest absolute Gasteiger partial charge is 0.238 e.